The highest BCUT2D eigenvalue weighted by Gasteiger charge is 2.15. The Morgan fingerprint density at radius 1 is 1.24 bits per heavy atom. The van der Waals surface area contributed by atoms with Gasteiger partial charge in [-0.05, 0) is 12.1 Å². The third-order valence-corrected chi connectivity index (χ3v) is 2.33. The van der Waals surface area contributed by atoms with Crippen LogP contribution >= 0.6 is 0 Å². The van der Waals surface area contributed by atoms with Gasteiger partial charge < -0.3 is 10.6 Å². The summed E-state index contributed by atoms with van der Waals surface area (Å²) in [4.78, 5) is 11.9. The largest absolute Gasteiger partial charge is 0.357 e. The second kappa shape index (κ2) is 4.65. The number of amides is 1. The summed E-state index contributed by atoms with van der Waals surface area (Å²) < 4.78 is 1.60. The van der Waals surface area contributed by atoms with E-state index in [1.165, 1.54) is 0 Å². The van der Waals surface area contributed by atoms with Crippen LogP contribution < -0.4 is 10.6 Å². The zero-order chi connectivity index (χ0) is 12.3. The fourth-order valence-corrected chi connectivity index (χ4v) is 1.45. The molecule has 6 nitrogen and oxygen atoms in total. The second-order valence-corrected chi connectivity index (χ2v) is 3.48. The molecule has 2 rings (SSSR count). The van der Waals surface area contributed by atoms with Gasteiger partial charge in [0, 0.05) is 19.8 Å². The fraction of sp³-hybridized carbons (Fsp3) is 0.182. The van der Waals surface area contributed by atoms with Gasteiger partial charge in [0.25, 0.3) is 5.91 Å². The number of para-hydroxylation sites is 1. The maximum atomic E-state index is 11.9. The van der Waals surface area contributed by atoms with Crippen molar-refractivity contribution in [2.45, 2.75) is 0 Å². The Labute approximate surface area is 98.7 Å². The highest BCUT2D eigenvalue weighted by atomic mass is 16.2. The fourth-order valence-electron chi connectivity index (χ4n) is 1.45. The van der Waals surface area contributed by atoms with Crippen LogP contribution in [0, 0.1) is 0 Å². The first-order valence-electron chi connectivity index (χ1n) is 5.16. The van der Waals surface area contributed by atoms with Gasteiger partial charge in [-0.3, -0.25) is 9.36 Å². The number of rotatable bonds is 3. The van der Waals surface area contributed by atoms with E-state index >= 15 is 0 Å². The molecule has 0 radical (unpaired) electrons. The van der Waals surface area contributed by atoms with E-state index in [1.54, 1.807) is 18.7 Å². The smallest absolute Gasteiger partial charge is 0.293 e. The maximum absolute atomic E-state index is 11.9. The van der Waals surface area contributed by atoms with Crippen molar-refractivity contribution in [2.75, 3.05) is 17.7 Å². The Bertz CT molecular complexity index is 520. The van der Waals surface area contributed by atoms with Crippen LogP contribution in [0.1, 0.15) is 10.6 Å². The van der Waals surface area contributed by atoms with E-state index in [0.717, 1.165) is 5.69 Å². The summed E-state index contributed by atoms with van der Waals surface area (Å²) in [5.41, 5.74) is 0.728. The van der Waals surface area contributed by atoms with Crippen molar-refractivity contribution in [1.29, 1.82) is 0 Å². The molecule has 0 bridgehead atoms. The number of anilines is 2. The first-order valence-corrected chi connectivity index (χ1v) is 5.16. The first-order chi connectivity index (χ1) is 8.22. The number of nitrogens with one attached hydrogen (secondary N) is 2. The zero-order valence-electron chi connectivity index (χ0n) is 9.64. The summed E-state index contributed by atoms with van der Waals surface area (Å²) in [6.07, 6.45) is 0. The van der Waals surface area contributed by atoms with E-state index in [1.807, 2.05) is 30.3 Å². The van der Waals surface area contributed by atoms with Gasteiger partial charge in [-0.25, -0.2) is 0 Å². The zero-order valence-corrected chi connectivity index (χ0v) is 9.64. The lowest BCUT2D eigenvalue weighted by molar-refractivity contribution is 0.101. The molecule has 0 saturated heterocycles. The summed E-state index contributed by atoms with van der Waals surface area (Å²) in [6, 6.07) is 9.22. The van der Waals surface area contributed by atoms with E-state index in [0.29, 0.717) is 5.95 Å². The topological polar surface area (TPSA) is 71.8 Å². The van der Waals surface area contributed by atoms with E-state index in [4.69, 9.17) is 0 Å². The molecular formula is C11H13N5O. The minimum absolute atomic E-state index is 0.262. The van der Waals surface area contributed by atoms with Crippen molar-refractivity contribution in [3.8, 4) is 0 Å². The molecule has 0 spiro atoms. The molecule has 2 aromatic rings. The van der Waals surface area contributed by atoms with Crippen molar-refractivity contribution in [3.05, 3.63) is 36.2 Å². The van der Waals surface area contributed by atoms with Crippen LogP contribution in [-0.4, -0.2) is 27.7 Å². The van der Waals surface area contributed by atoms with Crippen LogP contribution in [0.25, 0.3) is 0 Å². The molecule has 0 fully saturated rings. The van der Waals surface area contributed by atoms with Crippen LogP contribution in [0.3, 0.4) is 0 Å². The molecule has 1 heterocycles. The standard InChI is InChI=1S/C11H13N5O/c1-12-11-15-14-9(16(11)2)10(17)13-8-6-4-3-5-7-8/h3-7H,1-2H3,(H,12,15)(H,13,17). The lowest BCUT2D eigenvalue weighted by Gasteiger charge is -2.04. The SMILES string of the molecule is CNc1nnc(C(=O)Nc2ccccc2)n1C. The van der Waals surface area contributed by atoms with Gasteiger partial charge >= 0.3 is 0 Å². The molecule has 1 aromatic heterocycles. The quantitative estimate of drug-likeness (QED) is 0.830. The monoisotopic (exact) mass is 231 g/mol. The Morgan fingerprint density at radius 3 is 2.53 bits per heavy atom. The first kappa shape index (κ1) is 11.1. The number of hydrogen-bond acceptors (Lipinski definition) is 4. The number of carbonyl (C=O) groups excluding carboxylic acids is 1. The Morgan fingerprint density at radius 2 is 1.94 bits per heavy atom. The lowest BCUT2D eigenvalue weighted by Crippen LogP contribution is -2.17. The van der Waals surface area contributed by atoms with Gasteiger partial charge in [0.15, 0.2) is 0 Å². The Kier molecular flexibility index (Phi) is 3.04. The van der Waals surface area contributed by atoms with Crippen LogP contribution in [0.5, 0.6) is 0 Å². The second-order valence-electron chi connectivity index (χ2n) is 3.48. The molecule has 1 aromatic carbocycles. The third-order valence-electron chi connectivity index (χ3n) is 2.33. The number of carbonyl (C=O) groups is 1. The molecule has 0 aliphatic carbocycles. The molecule has 0 aliphatic rings. The average molecular weight is 231 g/mol. The van der Waals surface area contributed by atoms with Crippen molar-refractivity contribution >= 4 is 17.5 Å². The van der Waals surface area contributed by atoms with Gasteiger partial charge in [0.1, 0.15) is 0 Å². The van der Waals surface area contributed by atoms with E-state index < -0.39 is 0 Å². The lowest BCUT2D eigenvalue weighted by atomic mass is 10.3. The van der Waals surface area contributed by atoms with Gasteiger partial charge in [-0.2, -0.15) is 0 Å². The number of nitrogens with zero attached hydrogens (tertiary/aromatic N) is 3. The molecule has 1 amide bonds. The third kappa shape index (κ3) is 2.25. The molecule has 0 unspecified atom stereocenters. The molecule has 88 valence electrons. The van der Waals surface area contributed by atoms with Crippen molar-refractivity contribution < 1.29 is 4.79 Å². The summed E-state index contributed by atoms with van der Waals surface area (Å²) in [5.74, 6) is 0.522. The summed E-state index contributed by atoms with van der Waals surface area (Å²) in [5, 5.41) is 13.2. The van der Waals surface area contributed by atoms with E-state index in [2.05, 4.69) is 20.8 Å². The number of hydrogen-bond donors (Lipinski definition) is 2. The van der Waals surface area contributed by atoms with Crippen LogP contribution in [0.2, 0.25) is 0 Å². The summed E-state index contributed by atoms with van der Waals surface area (Å²) in [6.45, 7) is 0. The molecule has 0 aliphatic heterocycles. The van der Waals surface area contributed by atoms with Gasteiger partial charge in [-0.1, -0.05) is 18.2 Å². The number of aromatic nitrogens is 3. The predicted octanol–water partition coefficient (Wildman–Crippen LogP) is 1.11. The van der Waals surface area contributed by atoms with Crippen molar-refractivity contribution in [3.63, 3.8) is 0 Å². The van der Waals surface area contributed by atoms with E-state index in [-0.39, 0.29) is 11.7 Å². The van der Waals surface area contributed by atoms with Crippen molar-refractivity contribution in [1.82, 2.24) is 14.8 Å². The molecule has 0 saturated carbocycles. The van der Waals surface area contributed by atoms with Gasteiger partial charge in [0.05, 0.1) is 0 Å². The number of benzene rings is 1. The van der Waals surface area contributed by atoms with E-state index in [9.17, 15) is 4.79 Å². The average Bonchev–Trinajstić information content (AvgIpc) is 2.71. The summed E-state index contributed by atoms with van der Waals surface area (Å²) >= 11 is 0. The molecule has 2 N–H and O–H groups in total. The molecular weight excluding hydrogens is 218 g/mol. The Hall–Kier alpha value is -2.37. The minimum atomic E-state index is -0.285. The molecule has 6 heteroatoms. The normalized spacial score (nSPS) is 10.0. The van der Waals surface area contributed by atoms with Crippen LogP contribution in [0.15, 0.2) is 30.3 Å². The van der Waals surface area contributed by atoms with Crippen LogP contribution in [-0.2, 0) is 7.05 Å². The van der Waals surface area contributed by atoms with Gasteiger partial charge in [0.2, 0.25) is 11.8 Å². The molecule has 0 atom stereocenters. The highest BCUT2D eigenvalue weighted by molar-refractivity contribution is 6.01. The van der Waals surface area contributed by atoms with Gasteiger partial charge in [-0.15, -0.1) is 10.2 Å². The van der Waals surface area contributed by atoms with Crippen molar-refractivity contribution in [2.24, 2.45) is 7.05 Å². The minimum Gasteiger partial charge on any atom is -0.357 e. The summed E-state index contributed by atoms with van der Waals surface area (Å²) in [7, 11) is 3.45. The molecule has 17 heavy (non-hydrogen) atoms. The predicted molar refractivity (Wildman–Crippen MR) is 64.9 cm³/mol. The maximum Gasteiger partial charge on any atom is 0.293 e. The Balaban J connectivity index is 2.18. The van der Waals surface area contributed by atoms with Crippen LogP contribution in [0.4, 0.5) is 11.6 Å². The highest BCUT2D eigenvalue weighted by Crippen LogP contribution is 2.09.